The van der Waals surface area contributed by atoms with Gasteiger partial charge in [-0.1, -0.05) is 29.8 Å². The monoisotopic (exact) mass is 359 g/mol. The number of benzene rings is 2. The lowest BCUT2D eigenvalue weighted by Gasteiger charge is -2.36. The summed E-state index contributed by atoms with van der Waals surface area (Å²) in [6.45, 7) is -0.0932. The Labute approximate surface area is 150 Å². The van der Waals surface area contributed by atoms with E-state index in [0.717, 1.165) is 5.56 Å². The van der Waals surface area contributed by atoms with Crippen LogP contribution in [0.1, 0.15) is 22.1 Å². The molecule has 3 rings (SSSR count). The van der Waals surface area contributed by atoms with Gasteiger partial charge in [-0.25, -0.2) is 0 Å². The Morgan fingerprint density at radius 2 is 2.08 bits per heavy atom. The van der Waals surface area contributed by atoms with Crippen molar-refractivity contribution in [1.29, 1.82) is 0 Å². The van der Waals surface area contributed by atoms with Crippen molar-refractivity contribution in [2.45, 2.75) is 6.17 Å². The van der Waals surface area contributed by atoms with Crippen LogP contribution in [0.15, 0.2) is 42.5 Å². The first-order valence-electron chi connectivity index (χ1n) is 7.77. The number of ether oxygens (including phenoxy) is 1. The number of halogens is 1. The van der Waals surface area contributed by atoms with Crippen LogP contribution in [-0.2, 0) is 4.79 Å². The van der Waals surface area contributed by atoms with Crippen LogP contribution >= 0.6 is 11.6 Å². The predicted octanol–water partition coefficient (Wildman–Crippen LogP) is 2.66. The van der Waals surface area contributed by atoms with E-state index in [-0.39, 0.29) is 18.4 Å². The van der Waals surface area contributed by atoms with E-state index < -0.39 is 6.17 Å². The quantitative estimate of drug-likeness (QED) is 0.880. The highest BCUT2D eigenvalue weighted by Crippen LogP contribution is 2.36. The minimum absolute atomic E-state index is 0.0932. The Morgan fingerprint density at radius 1 is 1.32 bits per heavy atom. The number of para-hydroxylation sites is 1. The van der Waals surface area contributed by atoms with Gasteiger partial charge in [0, 0.05) is 30.4 Å². The summed E-state index contributed by atoms with van der Waals surface area (Å²) in [5.74, 6) is 0.179. The molecule has 6 nitrogen and oxygen atoms in total. The summed E-state index contributed by atoms with van der Waals surface area (Å²) in [5, 5.41) is 6.35. The van der Waals surface area contributed by atoms with Gasteiger partial charge < -0.3 is 20.3 Å². The number of fused-ring (bicyclic) bond motifs is 1. The van der Waals surface area contributed by atoms with Crippen molar-refractivity contribution in [3.05, 3.63) is 58.6 Å². The maximum atomic E-state index is 12.7. The first-order chi connectivity index (χ1) is 12.0. The Kier molecular flexibility index (Phi) is 4.81. The lowest BCUT2D eigenvalue weighted by molar-refractivity contribution is -0.122. The molecular formula is C18H18ClN3O3. The van der Waals surface area contributed by atoms with Gasteiger partial charge in [0.15, 0.2) is 6.61 Å². The van der Waals surface area contributed by atoms with Crippen LogP contribution in [0.2, 0.25) is 5.02 Å². The lowest BCUT2D eigenvalue weighted by Crippen LogP contribution is -2.40. The topological polar surface area (TPSA) is 70.7 Å². The van der Waals surface area contributed by atoms with Crippen LogP contribution in [0.4, 0.5) is 5.69 Å². The van der Waals surface area contributed by atoms with Crippen molar-refractivity contribution in [3.63, 3.8) is 0 Å². The second-order valence-electron chi connectivity index (χ2n) is 5.65. The van der Waals surface area contributed by atoms with E-state index in [9.17, 15) is 9.59 Å². The van der Waals surface area contributed by atoms with E-state index in [4.69, 9.17) is 16.3 Å². The van der Waals surface area contributed by atoms with Crippen LogP contribution in [0, 0.1) is 0 Å². The molecule has 130 valence electrons. The maximum Gasteiger partial charge on any atom is 0.257 e. The normalized spacial score (nSPS) is 16.0. The zero-order valence-electron chi connectivity index (χ0n) is 13.9. The Balaban J connectivity index is 1.93. The molecule has 1 aliphatic heterocycles. The molecule has 0 saturated heterocycles. The van der Waals surface area contributed by atoms with Crippen molar-refractivity contribution >= 4 is 29.1 Å². The van der Waals surface area contributed by atoms with Crippen LogP contribution in [0.3, 0.4) is 0 Å². The standard InChI is InChI=1S/C18H18ClN3O3/c1-20-16(23)10-25-15-6-4-3-5-12(15)17-21-14-8-7-11(19)9-13(14)18(24)22(17)2/h3-9,17,21H,10H2,1-2H3,(H,20,23)/t17-/m0/s1. The summed E-state index contributed by atoms with van der Waals surface area (Å²) >= 11 is 6.00. The third-order valence-electron chi connectivity index (χ3n) is 4.06. The Hall–Kier alpha value is -2.73. The Bertz CT molecular complexity index is 825. The molecule has 0 spiro atoms. The fourth-order valence-electron chi connectivity index (χ4n) is 2.71. The summed E-state index contributed by atoms with van der Waals surface area (Å²) in [4.78, 5) is 25.7. The fraction of sp³-hybridized carbons (Fsp3) is 0.222. The van der Waals surface area contributed by atoms with Crippen LogP contribution in [-0.4, -0.2) is 37.4 Å². The molecule has 2 aromatic carbocycles. The van der Waals surface area contributed by atoms with E-state index in [1.54, 1.807) is 43.3 Å². The highest BCUT2D eigenvalue weighted by atomic mass is 35.5. The van der Waals surface area contributed by atoms with Gasteiger partial charge in [0.2, 0.25) is 0 Å². The molecule has 0 saturated carbocycles. The van der Waals surface area contributed by atoms with Gasteiger partial charge in [-0.3, -0.25) is 9.59 Å². The molecule has 0 bridgehead atoms. The highest BCUT2D eigenvalue weighted by molar-refractivity contribution is 6.31. The van der Waals surface area contributed by atoms with E-state index >= 15 is 0 Å². The molecule has 0 radical (unpaired) electrons. The fourth-order valence-corrected chi connectivity index (χ4v) is 2.88. The number of anilines is 1. The van der Waals surface area contributed by atoms with Gasteiger partial charge in [-0.2, -0.15) is 0 Å². The van der Waals surface area contributed by atoms with Crippen LogP contribution in [0.25, 0.3) is 0 Å². The first-order valence-corrected chi connectivity index (χ1v) is 8.14. The van der Waals surface area contributed by atoms with E-state index in [0.29, 0.717) is 22.0 Å². The van der Waals surface area contributed by atoms with Crippen molar-refractivity contribution in [3.8, 4) is 5.75 Å². The predicted molar refractivity (Wildman–Crippen MR) is 95.9 cm³/mol. The number of carbonyl (C=O) groups is 2. The number of amides is 2. The van der Waals surface area contributed by atoms with Crippen molar-refractivity contribution in [2.75, 3.05) is 26.0 Å². The molecule has 0 fully saturated rings. The van der Waals surface area contributed by atoms with Gasteiger partial charge in [0.05, 0.1) is 5.56 Å². The summed E-state index contributed by atoms with van der Waals surface area (Å²) in [5.41, 5.74) is 2.00. The summed E-state index contributed by atoms with van der Waals surface area (Å²) in [7, 11) is 3.26. The number of likely N-dealkylation sites (N-methyl/N-ethyl adjacent to an activating group) is 1. The molecule has 2 aromatic rings. The van der Waals surface area contributed by atoms with Crippen molar-refractivity contribution in [2.24, 2.45) is 0 Å². The third kappa shape index (κ3) is 3.39. The molecule has 1 aliphatic rings. The average molecular weight is 360 g/mol. The highest BCUT2D eigenvalue weighted by Gasteiger charge is 2.32. The molecule has 7 heteroatoms. The van der Waals surface area contributed by atoms with E-state index in [2.05, 4.69) is 10.6 Å². The SMILES string of the molecule is CNC(=O)COc1ccccc1[C@H]1Nc2ccc(Cl)cc2C(=O)N1C. The van der Waals surface area contributed by atoms with Gasteiger partial charge in [0.1, 0.15) is 11.9 Å². The van der Waals surface area contributed by atoms with Crippen molar-refractivity contribution in [1.82, 2.24) is 10.2 Å². The molecule has 0 unspecified atom stereocenters. The Morgan fingerprint density at radius 3 is 2.84 bits per heavy atom. The zero-order valence-corrected chi connectivity index (χ0v) is 14.6. The number of hydrogen-bond donors (Lipinski definition) is 2. The largest absolute Gasteiger partial charge is 0.483 e. The first kappa shape index (κ1) is 17.1. The smallest absolute Gasteiger partial charge is 0.257 e. The summed E-state index contributed by atoms with van der Waals surface area (Å²) < 4.78 is 5.62. The summed E-state index contributed by atoms with van der Waals surface area (Å²) in [6, 6.07) is 12.5. The second-order valence-corrected chi connectivity index (χ2v) is 6.09. The molecule has 25 heavy (non-hydrogen) atoms. The number of rotatable bonds is 4. The zero-order chi connectivity index (χ0) is 18.0. The third-order valence-corrected chi connectivity index (χ3v) is 4.30. The van der Waals surface area contributed by atoms with Crippen LogP contribution < -0.4 is 15.4 Å². The van der Waals surface area contributed by atoms with Crippen LogP contribution in [0.5, 0.6) is 5.75 Å². The molecule has 1 atom stereocenters. The van der Waals surface area contributed by atoms with E-state index in [1.807, 2.05) is 18.2 Å². The van der Waals surface area contributed by atoms with Gasteiger partial charge in [0.25, 0.3) is 11.8 Å². The molecule has 2 N–H and O–H groups in total. The van der Waals surface area contributed by atoms with E-state index in [1.165, 1.54) is 0 Å². The number of carbonyl (C=O) groups excluding carboxylic acids is 2. The summed E-state index contributed by atoms with van der Waals surface area (Å²) in [6.07, 6.45) is -0.415. The van der Waals surface area contributed by atoms with Gasteiger partial charge in [-0.05, 0) is 24.3 Å². The molecule has 1 heterocycles. The average Bonchev–Trinajstić information content (AvgIpc) is 2.63. The number of nitrogens with zero attached hydrogens (tertiary/aromatic N) is 1. The van der Waals surface area contributed by atoms with Crippen molar-refractivity contribution < 1.29 is 14.3 Å². The van der Waals surface area contributed by atoms with Gasteiger partial charge >= 0.3 is 0 Å². The minimum atomic E-state index is -0.415. The number of hydrogen-bond acceptors (Lipinski definition) is 4. The number of nitrogens with one attached hydrogen (secondary N) is 2. The van der Waals surface area contributed by atoms with Gasteiger partial charge in [-0.15, -0.1) is 0 Å². The molecule has 2 amide bonds. The molecular weight excluding hydrogens is 342 g/mol. The second kappa shape index (κ2) is 7.03. The maximum absolute atomic E-state index is 12.7. The minimum Gasteiger partial charge on any atom is -0.483 e. The molecule has 0 aromatic heterocycles. The lowest BCUT2D eigenvalue weighted by atomic mass is 10.0. The molecule has 0 aliphatic carbocycles.